The maximum Gasteiger partial charge on any atom is 0.472 e. The summed E-state index contributed by atoms with van der Waals surface area (Å²) in [7, 11) is -9.58. The largest absolute Gasteiger partial charge is 0.472 e. The van der Waals surface area contributed by atoms with E-state index in [9.17, 15) is 28.8 Å². The molecule has 362 valence electrons. The van der Waals surface area contributed by atoms with Crippen LogP contribution in [0.2, 0.25) is 0 Å². The molecule has 3 unspecified atom stereocenters. The number of anilines is 2. The van der Waals surface area contributed by atoms with Crippen molar-refractivity contribution in [1.82, 2.24) is 34.4 Å². The molecule has 21 nitrogen and oxygen atoms in total. The number of aliphatic hydroxyl groups is 1. The monoisotopic (exact) mass is 983 g/mol. The van der Waals surface area contributed by atoms with E-state index in [2.05, 4.69) is 92.0 Å². The standard InChI is InChI=1S/C46H51N9O12P2/c47-38-16-18-54(46(57)53-38)40-21-35(67-69(60,61)64-23-36-34(56)20-39(65-36)55-26-52-43-44(48)50-25-51-45(43)55)37(66-40)24-63-68(58,59)62-19-4-2-1-3-17-49-22-28-14-15-33-31-12-6-9-27-8-5-11-30(41(27)31)32-13-7-10-29(28)42(32)33/h5-16,18,25-26,34-37,39-40,49,56H,1-4,17,19-24H2,(H,58,59)(H,60,61)(H2,47,53,57)(H2,48,50,51)/t34-,35?,36+,37+,39+,40+/m0/s1. The van der Waals surface area contributed by atoms with Crippen molar-refractivity contribution in [3.8, 4) is 0 Å². The van der Waals surface area contributed by atoms with E-state index in [0.717, 1.165) is 30.4 Å². The second kappa shape index (κ2) is 19.7. The van der Waals surface area contributed by atoms with E-state index in [0.29, 0.717) is 24.1 Å². The van der Waals surface area contributed by atoms with Crippen LogP contribution in [0.3, 0.4) is 0 Å². The zero-order valence-electron chi connectivity index (χ0n) is 37.2. The Hall–Kier alpha value is -5.51. The molecule has 3 aromatic heterocycles. The van der Waals surface area contributed by atoms with Gasteiger partial charge in [-0.05, 0) is 74.1 Å². The van der Waals surface area contributed by atoms with Gasteiger partial charge in [0, 0.05) is 25.6 Å². The van der Waals surface area contributed by atoms with Gasteiger partial charge in [0.1, 0.15) is 48.4 Å². The van der Waals surface area contributed by atoms with Crippen molar-refractivity contribution in [2.24, 2.45) is 0 Å². The molecule has 5 aromatic carbocycles. The lowest BCUT2D eigenvalue weighted by molar-refractivity contribution is -0.0565. The molecule has 5 heterocycles. The van der Waals surface area contributed by atoms with Crippen LogP contribution in [0.5, 0.6) is 0 Å². The first-order valence-corrected chi connectivity index (χ1v) is 25.6. The number of nitrogens with one attached hydrogen (secondary N) is 1. The third kappa shape index (κ3) is 9.96. The average molecular weight is 984 g/mol. The Morgan fingerprint density at radius 1 is 0.739 bits per heavy atom. The third-order valence-electron chi connectivity index (χ3n) is 12.8. The molecule has 0 spiro atoms. The lowest BCUT2D eigenvalue weighted by Gasteiger charge is -2.23. The maximum absolute atomic E-state index is 13.4. The molecule has 69 heavy (non-hydrogen) atoms. The highest BCUT2D eigenvalue weighted by atomic mass is 31.2. The number of fused-ring (bicyclic) bond motifs is 3. The van der Waals surface area contributed by atoms with Crippen LogP contribution >= 0.6 is 15.6 Å². The van der Waals surface area contributed by atoms with Crippen LogP contribution in [0.1, 0.15) is 56.5 Å². The molecule has 8 aromatic rings. The SMILES string of the molecule is Nc1ccn([C@H]2CC(OP(=O)(O)OC[C@H]3O[C@@H](n4cnc5c(N)ncnc54)C[C@@H]3O)[C@@H](COP(=O)(O)OCCCCCCNCc3ccc4c5cccc6cccc(c7cccc3c74)c65)O2)c(=O)n1. The van der Waals surface area contributed by atoms with Crippen molar-refractivity contribution in [3.63, 3.8) is 0 Å². The van der Waals surface area contributed by atoms with Gasteiger partial charge in [-0.1, -0.05) is 79.6 Å². The minimum Gasteiger partial charge on any atom is -0.390 e. The molecule has 0 bridgehead atoms. The third-order valence-corrected chi connectivity index (χ3v) is 14.7. The molecule has 0 amide bonds. The molecule has 23 heteroatoms. The second-order valence-electron chi connectivity index (χ2n) is 17.2. The maximum atomic E-state index is 13.4. The zero-order chi connectivity index (χ0) is 47.9. The Kier molecular flexibility index (Phi) is 13.5. The fraction of sp³-hybridized carbons (Fsp3) is 0.370. The van der Waals surface area contributed by atoms with Gasteiger partial charge in [0.25, 0.3) is 0 Å². The topological polar surface area (TPSA) is 293 Å². The number of imidazole rings is 1. The lowest BCUT2D eigenvalue weighted by Crippen LogP contribution is -2.30. The summed E-state index contributed by atoms with van der Waals surface area (Å²) in [6, 6.07) is 25.3. The minimum atomic E-state index is -4.94. The van der Waals surface area contributed by atoms with Gasteiger partial charge in [0.15, 0.2) is 11.5 Å². The number of hydrogen-bond acceptors (Lipinski definition) is 17. The molecule has 2 aliphatic heterocycles. The van der Waals surface area contributed by atoms with Crippen LogP contribution in [-0.2, 0) is 43.2 Å². The van der Waals surface area contributed by atoms with Gasteiger partial charge in [0.2, 0.25) is 0 Å². The Bertz CT molecular complexity index is 3250. The van der Waals surface area contributed by atoms with E-state index in [1.54, 1.807) is 4.57 Å². The molecule has 0 radical (unpaired) electrons. The van der Waals surface area contributed by atoms with Crippen LogP contribution < -0.4 is 22.5 Å². The van der Waals surface area contributed by atoms with Crippen molar-refractivity contribution in [1.29, 1.82) is 0 Å². The number of benzene rings is 5. The molecule has 2 saturated heterocycles. The molecule has 10 rings (SSSR count). The number of ether oxygens (including phenoxy) is 2. The number of aliphatic hydroxyl groups excluding tert-OH is 1. The number of nitrogens with zero attached hydrogens (tertiary/aromatic N) is 6. The van der Waals surface area contributed by atoms with E-state index < -0.39 is 71.4 Å². The van der Waals surface area contributed by atoms with Crippen molar-refractivity contribution in [3.05, 3.63) is 108 Å². The summed E-state index contributed by atoms with van der Waals surface area (Å²) in [5.41, 5.74) is 12.7. The highest BCUT2D eigenvalue weighted by Crippen LogP contribution is 2.51. The highest BCUT2D eigenvalue weighted by molar-refractivity contribution is 7.47. The van der Waals surface area contributed by atoms with Crippen molar-refractivity contribution < 1.29 is 51.6 Å². The lowest BCUT2D eigenvalue weighted by atomic mass is 9.88. The molecular formula is C46H51N9O12P2. The molecule has 2 aliphatic rings. The fourth-order valence-electron chi connectivity index (χ4n) is 9.44. The summed E-state index contributed by atoms with van der Waals surface area (Å²) in [5, 5.41) is 24.4. The average Bonchev–Trinajstić information content (AvgIpc) is 4.05. The van der Waals surface area contributed by atoms with Crippen molar-refractivity contribution >= 4 is 81.5 Å². The Morgan fingerprint density at radius 2 is 1.42 bits per heavy atom. The second-order valence-corrected chi connectivity index (χ2v) is 20.1. The number of phosphoric acid groups is 2. The van der Waals surface area contributed by atoms with Crippen molar-refractivity contribution in [2.45, 2.75) is 81.9 Å². The quantitative estimate of drug-likeness (QED) is 0.0214. The Balaban J connectivity index is 0.688. The first-order valence-electron chi connectivity index (χ1n) is 22.6. The first-order chi connectivity index (χ1) is 33.3. The number of rotatable bonds is 20. The highest BCUT2D eigenvalue weighted by Gasteiger charge is 2.44. The van der Waals surface area contributed by atoms with Crippen LogP contribution in [0.25, 0.3) is 54.3 Å². The van der Waals surface area contributed by atoms with Gasteiger partial charge in [-0.2, -0.15) is 4.98 Å². The van der Waals surface area contributed by atoms with Gasteiger partial charge in [0.05, 0.1) is 32.3 Å². The summed E-state index contributed by atoms with van der Waals surface area (Å²) in [6.07, 6.45) is 0.294. The van der Waals surface area contributed by atoms with E-state index in [-0.39, 0.29) is 31.1 Å². The van der Waals surface area contributed by atoms with E-state index >= 15 is 0 Å². The van der Waals surface area contributed by atoms with Crippen LogP contribution in [0.15, 0.2) is 96.4 Å². The fourth-order valence-corrected chi connectivity index (χ4v) is 11.2. The smallest absolute Gasteiger partial charge is 0.390 e. The van der Waals surface area contributed by atoms with Crippen molar-refractivity contribution in [2.75, 3.05) is 37.8 Å². The molecular weight excluding hydrogens is 933 g/mol. The minimum absolute atomic E-state index is 0.0348. The van der Waals surface area contributed by atoms with Gasteiger partial charge in [-0.15, -0.1) is 0 Å². The Labute approximate surface area is 393 Å². The predicted octanol–water partition coefficient (Wildman–Crippen LogP) is 6.22. The number of nitrogen functional groups attached to an aromatic ring is 2. The van der Waals surface area contributed by atoms with E-state index in [4.69, 9.17) is 39.0 Å². The molecule has 0 saturated carbocycles. The predicted molar refractivity (Wildman–Crippen MR) is 256 cm³/mol. The molecule has 0 aliphatic carbocycles. The number of unbranched alkanes of at least 4 members (excludes halogenated alkanes) is 3. The number of hydrogen-bond donors (Lipinski definition) is 6. The van der Waals surface area contributed by atoms with Gasteiger partial charge in [-0.25, -0.2) is 28.9 Å². The van der Waals surface area contributed by atoms with Gasteiger partial charge < -0.3 is 41.2 Å². The van der Waals surface area contributed by atoms with Crippen LogP contribution in [0, 0.1) is 0 Å². The van der Waals surface area contributed by atoms with Gasteiger partial charge in [-0.3, -0.25) is 27.2 Å². The van der Waals surface area contributed by atoms with Crippen LogP contribution in [0.4, 0.5) is 11.6 Å². The van der Waals surface area contributed by atoms with E-state index in [1.807, 2.05) is 0 Å². The van der Waals surface area contributed by atoms with E-state index in [1.165, 1.54) is 73.6 Å². The summed E-state index contributed by atoms with van der Waals surface area (Å²) < 4.78 is 62.2. The molecule has 8 N–H and O–H groups in total. The number of phosphoric ester groups is 2. The summed E-state index contributed by atoms with van der Waals surface area (Å²) in [4.78, 5) is 50.1. The first kappa shape index (κ1) is 47.2. The normalized spacial score (nSPS) is 22.7. The number of nitrogens with two attached hydrogens (primary N) is 2. The number of aromatic nitrogens is 6. The molecule has 2 fully saturated rings. The summed E-state index contributed by atoms with van der Waals surface area (Å²) in [6.45, 7) is 0.252. The Morgan fingerprint density at radius 3 is 2.22 bits per heavy atom. The summed E-state index contributed by atoms with van der Waals surface area (Å²) in [5.74, 6) is 0.129. The molecule has 8 atom stereocenters. The van der Waals surface area contributed by atoms with Gasteiger partial charge >= 0.3 is 21.3 Å². The summed E-state index contributed by atoms with van der Waals surface area (Å²) >= 11 is 0. The zero-order valence-corrected chi connectivity index (χ0v) is 38.9. The van der Waals surface area contributed by atoms with Crippen LogP contribution in [-0.4, -0.2) is 94.7 Å².